The maximum absolute atomic E-state index is 13.8. The normalized spacial score (nSPS) is 16.4. The third-order valence-corrected chi connectivity index (χ3v) is 5.98. The molecule has 0 saturated carbocycles. The van der Waals surface area contributed by atoms with Gasteiger partial charge in [0.15, 0.2) is 5.50 Å². The molecule has 2 N–H and O–H groups in total. The van der Waals surface area contributed by atoms with Crippen LogP contribution in [0.4, 0.5) is 10.1 Å². The molecule has 3 aromatic rings. The first-order valence-corrected chi connectivity index (χ1v) is 11.1. The summed E-state index contributed by atoms with van der Waals surface area (Å²) in [5, 5.41) is 5.79. The van der Waals surface area contributed by atoms with Crippen LogP contribution in [-0.2, 0) is 11.4 Å². The van der Waals surface area contributed by atoms with E-state index in [4.69, 9.17) is 14.2 Å². The molecule has 0 aliphatic carbocycles. The van der Waals surface area contributed by atoms with Crippen molar-refractivity contribution in [3.63, 3.8) is 0 Å². The largest absolute Gasteiger partial charge is 0.497 e. The topological polar surface area (TPSA) is 68.8 Å². The molecule has 0 aromatic heterocycles. The minimum Gasteiger partial charge on any atom is -0.497 e. The van der Waals surface area contributed by atoms with Gasteiger partial charge in [-0.2, -0.15) is 0 Å². The second kappa shape index (κ2) is 10.3. The van der Waals surface area contributed by atoms with Crippen LogP contribution in [0.2, 0.25) is 0 Å². The number of carbonyl (C=O) groups is 1. The second-order valence-electron chi connectivity index (χ2n) is 7.14. The monoisotopic (exact) mass is 466 g/mol. The molecule has 1 amide bonds. The highest BCUT2D eigenvalue weighted by Crippen LogP contribution is 2.31. The lowest BCUT2D eigenvalue weighted by Gasteiger charge is -2.13. The first-order valence-electron chi connectivity index (χ1n) is 10.2. The molecule has 1 aliphatic rings. The van der Waals surface area contributed by atoms with Crippen molar-refractivity contribution < 1.29 is 23.4 Å². The average molecular weight is 467 g/mol. The smallest absolute Gasteiger partial charge is 0.260 e. The lowest BCUT2D eigenvalue weighted by atomic mass is 10.2. The van der Waals surface area contributed by atoms with Gasteiger partial charge in [-0.1, -0.05) is 36.0 Å². The van der Waals surface area contributed by atoms with Crippen LogP contribution in [0.25, 0.3) is 6.08 Å². The Hall–Kier alpha value is -3.65. The second-order valence-corrected chi connectivity index (χ2v) is 8.29. The van der Waals surface area contributed by atoms with Gasteiger partial charge in [-0.3, -0.25) is 4.79 Å². The Labute approximate surface area is 195 Å². The lowest BCUT2D eigenvalue weighted by Crippen LogP contribution is -2.31. The Morgan fingerprint density at radius 1 is 1.03 bits per heavy atom. The zero-order valence-electron chi connectivity index (χ0n) is 18.1. The molecule has 170 valence electrons. The third-order valence-electron chi connectivity index (χ3n) is 4.95. The summed E-state index contributed by atoms with van der Waals surface area (Å²) in [5.74, 6) is 1.56. The van der Waals surface area contributed by atoms with Gasteiger partial charge in [-0.25, -0.2) is 4.39 Å². The van der Waals surface area contributed by atoms with Crippen LogP contribution >= 0.6 is 11.8 Å². The van der Waals surface area contributed by atoms with Crippen LogP contribution in [-0.4, -0.2) is 25.6 Å². The first kappa shape index (κ1) is 22.5. The van der Waals surface area contributed by atoms with Gasteiger partial charge in [0.1, 0.15) is 29.7 Å². The fraction of sp³-hybridized carbons (Fsp3) is 0.160. The summed E-state index contributed by atoms with van der Waals surface area (Å²) >= 11 is 1.30. The molecular formula is C25H23FN2O4S. The molecule has 4 rings (SSSR count). The Kier molecular flexibility index (Phi) is 7.04. The number of halogens is 1. The molecular weight excluding hydrogens is 443 g/mol. The van der Waals surface area contributed by atoms with Gasteiger partial charge in [-0.05, 0) is 54.1 Å². The fourth-order valence-electron chi connectivity index (χ4n) is 3.25. The highest BCUT2D eigenvalue weighted by atomic mass is 32.2. The van der Waals surface area contributed by atoms with E-state index in [2.05, 4.69) is 10.6 Å². The Morgan fingerprint density at radius 3 is 2.52 bits per heavy atom. The maximum Gasteiger partial charge on any atom is 0.260 e. The molecule has 1 heterocycles. The van der Waals surface area contributed by atoms with Gasteiger partial charge in [0.05, 0.1) is 24.8 Å². The minimum absolute atomic E-state index is 0.209. The molecule has 1 fully saturated rings. The van der Waals surface area contributed by atoms with Crippen molar-refractivity contribution in [2.45, 2.75) is 12.1 Å². The van der Waals surface area contributed by atoms with Crippen LogP contribution in [0.15, 0.2) is 71.6 Å². The van der Waals surface area contributed by atoms with Crippen molar-refractivity contribution in [2.24, 2.45) is 0 Å². The minimum atomic E-state index is -0.443. The Bertz CT molecular complexity index is 1170. The zero-order valence-corrected chi connectivity index (χ0v) is 18.9. The number of carbonyl (C=O) groups excluding carboxylic acids is 1. The van der Waals surface area contributed by atoms with Gasteiger partial charge < -0.3 is 24.8 Å². The molecule has 0 spiro atoms. The lowest BCUT2D eigenvalue weighted by molar-refractivity contribution is -0.116. The summed E-state index contributed by atoms with van der Waals surface area (Å²) in [6, 6.07) is 19.3. The molecule has 3 aromatic carbocycles. The average Bonchev–Trinajstić information content (AvgIpc) is 3.18. The number of para-hydroxylation sites is 1. The molecule has 1 aliphatic heterocycles. The summed E-state index contributed by atoms with van der Waals surface area (Å²) in [5.41, 5.74) is 1.62. The van der Waals surface area contributed by atoms with Crippen LogP contribution in [0.5, 0.6) is 17.2 Å². The fourth-order valence-corrected chi connectivity index (χ4v) is 4.23. The van der Waals surface area contributed by atoms with E-state index in [1.807, 2.05) is 42.5 Å². The van der Waals surface area contributed by atoms with Gasteiger partial charge >= 0.3 is 0 Å². The number of rotatable bonds is 8. The van der Waals surface area contributed by atoms with E-state index < -0.39 is 5.50 Å². The predicted molar refractivity (Wildman–Crippen MR) is 128 cm³/mol. The van der Waals surface area contributed by atoms with Crippen LogP contribution in [0, 0.1) is 5.82 Å². The van der Waals surface area contributed by atoms with E-state index >= 15 is 0 Å². The van der Waals surface area contributed by atoms with Crippen molar-refractivity contribution in [1.29, 1.82) is 0 Å². The summed E-state index contributed by atoms with van der Waals surface area (Å²) < 4.78 is 30.4. The van der Waals surface area contributed by atoms with Gasteiger partial charge in [0.2, 0.25) is 0 Å². The first-order chi connectivity index (χ1) is 16.1. The number of thioether (sulfide) groups is 1. The van der Waals surface area contributed by atoms with E-state index in [1.165, 1.54) is 17.8 Å². The number of amides is 1. The van der Waals surface area contributed by atoms with Crippen LogP contribution in [0.1, 0.15) is 11.1 Å². The van der Waals surface area contributed by atoms with Crippen LogP contribution < -0.4 is 24.8 Å². The molecule has 1 unspecified atom stereocenters. The summed E-state index contributed by atoms with van der Waals surface area (Å²) in [4.78, 5) is 12.9. The van der Waals surface area contributed by atoms with Crippen LogP contribution in [0.3, 0.4) is 0 Å². The third kappa shape index (κ3) is 5.59. The zero-order chi connectivity index (χ0) is 23.2. The Balaban J connectivity index is 1.38. The quantitative estimate of drug-likeness (QED) is 0.455. The van der Waals surface area contributed by atoms with E-state index in [-0.39, 0.29) is 11.7 Å². The van der Waals surface area contributed by atoms with E-state index in [0.29, 0.717) is 22.9 Å². The van der Waals surface area contributed by atoms with E-state index in [9.17, 15) is 9.18 Å². The SMILES string of the molecule is COc1ccc(OC)c(COc2ccc(/C=C3\SC(Nc4ccccc4F)NC3=O)cc2)c1. The summed E-state index contributed by atoms with van der Waals surface area (Å²) in [6.45, 7) is 0.322. The van der Waals surface area contributed by atoms with Crippen molar-refractivity contribution >= 4 is 29.4 Å². The van der Waals surface area contributed by atoms with Crippen molar-refractivity contribution in [1.82, 2.24) is 5.32 Å². The van der Waals surface area contributed by atoms with E-state index in [0.717, 1.165) is 22.6 Å². The summed E-state index contributed by atoms with van der Waals surface area (Å²) in [6.07, 6.45) is 1.79. The predicted octanol–water partition coefficient (Wildman–Crippen LogP) is 5.02. The molecule has 1 atom stereocenters. The van der Waals surface area contributed by atoms with Gasteiger partial charge in [0, 0.05) is 5.56 Å². The highest BCUT2D eigenvalue weighted by Gasteiger charge is 2.27. The van der Waals surface area contributed by atoms with E-state index in [1.54, 1.807) is 38.5 Å². The molecule has 1 saturated heterocycles. The number of methoxy groups -OCH3 is 2. The number of anilines is 1. The summed E-state index contributed by atoms with van der Waals surface area (Å²) in [7, 11) is 3.22. The number of hydrogen-bond donors (Lipinski definition) is 2. The number of hydrogen-bond acceptors (Lipinski definition) is 6. The van der Waals surface area contributed by atoms with Gasteiger partial charge in [0.25, 0.3) is 5.91 Å². The van der Waals surface area contributed by atoms with Gasteiger partial charge in [-0.15, -0.1) is 0 Å². The molecule has 8 heteroatoms. The number of nitrogens with one attached hydrogen (secondary N) is 2. The van der Waals surface area contributed by atoms with Crippen molar-refractivity contribution in [2.75, 3.05) is 19.5 Å². The van der Waals surface area contributed by atoms with Crippen molar-refractivity contribution in [3.8, 4) is 17.2 Å². The number of ether oxygens (including phenoxy) is 3. The Morgan fingerprint density at radius 2 is 1.79 bits per heavy atom. The standard InChI is InChI=1S/C25H23FN2O4S/c1-30-19-11-12-22(31-2)17(14-19)15-32-18-9-7-16(8-10-18)13-23-24(29)28-25(33-23)27-21-6-4-3-5-20(21)26/h3-14,25,27H,15H2,1-2H3,(H,28,29)/b23-13-. The molecule has 0 radical (unpaired) electrons. The molecule has 33 heavy (non-hydrogen) atoms. The molecule has 6 nitrogen and oxygen atoms in total. The maximum atomic E-state index is 13.8. The molecule has 0 bridgehead atoms. The van der Waals surface area contributed by atoms with Crippen molar-refractivity contribution in [3.05, 3.63) is 88.6 Å². The highest BCUT2D eigenvalue weighted by molar-refractivity contribution is 8.05. The number of benzene rings is 3.